The molecule has 2 heteroatoms. The molecule has 0 saturated heterocycles. The van der Waals surface area contributed by atoms with Crippen LogP contribution in [-0.2, 0) is 0 Å². The highest BCUT2D eigenvalue weighted by molar-refractivity contribution is 6.04. The lowest BCUT2D eigenvalue weighted by atomic mass is 9.92. The maximum atomic E-state index is 5.09. The van der Waals surface area contributed by atoms with Crippen LogP contribution in [0.2, 0.25) is 0 Å². The van der Waals surface area contributed by atoms with E-state index >= 15 is 0 Å². The van der Waals surface area contributed by atoms with Gasteiger partial charge in [-0.1, -0.05) is 20.8 Å². The normalized spacial score (nSPS) is 11.9. The molecular weight excluding hydrogens is 96.9 g/mol. The molecule has 8 heavy (non-hydrogen) atoms. The predicted octanol–water partition coefficient (Wildman–Crippen LogP) is 1.10. The fourth-order valence-electron chi connectivity index (χ4n) is 0.447. The summed E-state index contributed by atoms with van der Waals surface area (Å²) in [6.45, 7) is 7.50. The van der Waals surface area contributed by atoms with Crippen LogP contribution in [0.5, 0.6) is 0 Å². The SMILES string of the molecule is [B]NCCC(C)(C)C. The fourth-order valence-corrected chi connectivity index (χ4v) is 0.447. The molecule has 0 rings (SSSR count). The molecule has 1 nitrogen and oxygen atoms in total. The highest BCUT2D eigenvalue weighted by atomic mass is 14.7. The molecule has 0 bridgehead atoms. The molecule has 0 aromatic rings. The maximum absolute atomic E-state index is 5.09. The molecule has 0 aliphatic carbocycles. The van der Waals surface area contributed by atoms with E-state index < -0.39 is 0 Å². The first-order valence-corrected chi connectivity index (χ1v) is 3.00. The highest BCUT2D eigenvalue weighted by Crippen LogP contribution is 2.16. The average Bonchev–Trinajstić information content (AvgIpc) is 1.59. The molecule has 0 unspecified atom stereocenters. The van der Waals surface area contributed by atoms with Crippen LogP contribution in [0.15, 0.2) is 0 Å². The zero-order valence-electron chi connectivity index (χ0n) is 5.99. The Bertz CT molecular complexity index is 56.0. The summed E-state index contributed by atoms with van der Waals surface area (Å²) >= 11 is 0. The van der Waals surface area contributed by atoms with Crippen LogP contribution in [0.1, 0.15) is 27.2 Å². The third-order valence-corrected chi connectivity index (χ3v) is 1.02. The van der Waals surface area contributed by atoms with Crippen molar-refractivity contribution in [3.05, 3.63) is 0 Å². The Kier molecular flexibility index (Phi) is 3.14. The first-order valence-electron chi connectivity index (χ1n) is 3.00. The molecule has 0 amide bonds. The van der Waals surface area contributed by atoms with Crippen LogP contribution >= 0.6 is 0 Å². The van der Waals surface area contributed by atoms with Gasteiger partial charge in [-0.05, 0) is 18.4 Å². The summed E-state index contributed by atoms with van der Waals surface area (Å²) in [5, 5.41) is 2.62. The molecule has 0 aromatic carbocycles. The van der Waals surface area contributed by atoms with Crippen molar-refractivity contribution in [3.8, 4) is 0 Å². The summed E-state index contributed by atoms with van der Waals surface area (Å²) in [5.41, 5.74) is 0.409. The fraction of sp³-hybridized carbons (Fsp3) is 1.00. The summed E-state index contributed by atoms with van der Waals surface area (Å²) < 4.78 is 0. The van der Waals surface area contributed by atoms with Crippen molar-refractivity contribution in [2.24, 2.45) is 5.41 Å². The zero-order chi connectivity index (χ0) is 6.62. The third-order valence-electron chi connectivity index (χ3n) is 1.02. The van der Waals surface area contributed by atoms with Gasteiger partial charge in [0.05, 0.1) is 0 Å². The lowest BCUT2D eigenvalue weighted by molar-refractivity contribution is 0.379. The Balaban J connectivity index is 3.11. The van der Waals surface area contributed by atoms with Crippen LogP contribution in [0.4, 0.5) is 0 Å². The van der Waals surface area contributed by atoms with E-state index in [2.05, 4.69) is 26.0 Å². The molecule has 0 aliphatic rings. The number of rotatable bonds is 2. The van der Waals surface area contributed by atoms with Crippen LogP contribution in [0.3, 0.4) is 0 Å². The standard InChI is InChI=1S/C6H14BN/c1-6(2,3)4-5-8-7/h8H,4-5H2,1-3H3. The van der Waals surface area contributed by atoms with E-state index in [0.717, 1.165) is 13.0 Å². The molecule has 1 N–H and O–H groups in total. The molecule has 0 atom stereocenters. The van der Waals surface area contributed by atoms with E-state index in [9.17, 15) is 0 Å². The zero-order valence-corrected chi connectivity index (χ0v) is 5.99. The molecule has 2 radical (unpaired) electrons. The Hall–Kier alpha value is 0.0249. The van der Waals surface area contributed by atoms with Gasteiger partial charge in [-0.25, -0.2) is 0 Å². The van der Waals surface area contributed by atoms with Crippen LogP contribution in [0, 0.1) is 5.41 Å². The summed E-state index contributed by atoms with van der Waals surface area (Å²) in [6, 6.07) is 0. The molecule has 46 valence electrons. The Morgan fingerprint density at radius 2 is 1.88 bits per heavy atom. The number of nitrogens with one attached hydrogen (secondary N) is 1. The molecule has 0 spiro atoms. The predicted molar refractivity (Wildman–Crippen MR) is 37.8 cm³/mol. The van der Waals surface area contributed by atoms with Crippen LogP contribution < -0.4 is 5.23 Å². The minimum Gasteiger partial charge on any atom is -0.366 e. The Labute approximate surface area is 53.3 Å². The highest BCUT2D eigenvalue weighted by Gasteiger charge is 2.07. The number of hydrogen-bond donors (Lipinski definition) is 1. The maximum Gasteiger partial charge on any atom is 0.177 e. The second kappa shape index (κ2) is 3.13. The summed E-state index contributed by atoms with van der Waals surface area (Å²) in [7, 11) is 5.09. The van der Waals surface area contributed by atoms with Crippen molar-refractivity contribution in [3.63, 3.8) is 0 Å². The van der Waals surface area contributed by atoms with Crippen molar-refractivity contribution in [1.82, 2.24) is 5.23 Å². The van der Waals surface area contributed by atoms with Crippen LogP contribution in [0.25, 0.3) is 0 Å². The summed E-state index contributed by atoms with van der Waals surface area (Å²) in [6.07, 6.45) is 1.13. The van der Waals surface area contributed by atoms with E-state index in [1.54, 1.807) is 0 Å². The summed E-state index contributed by atoms with van der Waals surface area (Å²) in [4.78, 5) is 0. The van der Waals surface area contributed by atoms with Gasteiger partial charge in [0.25, 0.3) is 0 Å². The van der Waals surface area contributed by atoms with E-state index in [1.165, 1.54) is 0 Å². The van der Waals surface area contributed by atoms with Crippen LogP contribution in [-0.4, -0.2) is 14.5 Å². The van der Waals surface area contributed by atoms with Gasteiger partial charge in [0, 0.05) is 0 Å². The van der Waals surface area contributed by atoms with Gasteiger partial charge in [-0.3, -0.25) is 0 Å². The van der Waals surface area contributed by atoms with E-state index in [4.69, 9.17) is 7.98 Å². The minimum atomic E-state index is 0.409. The Morgan fingerprint density at radius 1 is 1.38 bits per heavy atom. The second-order valence-electron chi connectivity index (χ2n) is 3.26. The second-order valence-corrected chi connectivity index (χ2v) is 3.26. The molecule has 0 fully saturated rings. The van der Waals surface area contributed by atoms with Gasteiger partial charge < -0.3 is 5.23 Å². The van der Waals surface area contributed by atoms with Crippen molar-refractivity contribution < 1.29 is 0 Å². The summed E-state index contributed by atoms with van der Waals surface area (Å²) in [5.74, 6) is 0. The minimum absolute atomic E-state index is 0.409. The van der Waals surface area contributed by atoms with Crippen molar-refractivity contribution in [1.29, 1.82) is 0 Å². The van der Waals surface area contributed by atoms with Crippen molar-refractivity contribution in [2.75, 3.05) is 6.54 Å². The molecule has 0 saturated carbocycles. The quantitative estimate of drug-likeness (QED) is 0.526. The van der Waals surface area contributed by atoms with E-state index in [1.807, 2.05) is 0 Å². The molecule has 0 heterocycles. The van der Waals surface area contributed by atoms with Gasteiger partial charge in [-0.15, -0.1) is 0 Å². The Morgan fingerprint density at radius 3 is 2.00 bits per heavy atom. The first-order chi connectivity index (χ1) is 3.56. The third kappa shape index (κ3) is 6.02. The van der Waals surface area contributed by atoms with Gasteiger partial charge in [0.1, 0.15) is 0 Å². The largest absolute Gasteiger partial charge is 0.366 e. The monoisotopic (exact) mass is 111 g/mol. The van der Waals surface area contributed by atoms with Crippen molar-refractivity contribution in [2.45, 2.75) is 27.2 Å². The lowest BCUT2D eigenvalue weighted by Gasteiger charge is -2.16. The molecule has 0 aliphatic heterocycles. The molecular formula is C6H14BN. The van der Waals surface area contributed by atoms with E-state index in [0.29, 0.717) is 5.41 Å². The van der Waals surface area contributed by atoms with Crippen molar-refractivity contribution >= 4 is 7.98 Å². The lowest BCUT2D eigenvalue weighted by Crippen LogP contribution is -2.17. The van der Waals surface area contributed by atoms with Gasteiger partial charge in [-0.2, -0.15) is 0 Å². The van der Waals surface area contributed by atoms with Gasteiger partial charge in [0.2, 0.25) is 0 Å². The van der Waals surface area contributed by atoms with Gasteiger partial charge >= 0.3 is 0 Å². The first kappa shape index (κ1) is 8.02. The smallest absolute Gasteiger partial charge is 0.177 e. The van der Waals surface area contributed by atoms with E-state index in [-0.39, 0.29) is 0 Å². The average molecular weight is 111 g/mol. The van der Waals surface area contributed by atoms with Gasteiger partial charge in [0.15, 0.2) is 7.98 Å². The molecule has 0 aromatic heterocycles. The topological polar surface area (TPSA) is 12.0 Å². The number of hydrogen-bond acceptors (Lipinski definition) is 1.